The Labute approximate surface area is 167 Å². The zero-order valence-corrected chi connectivity index (χ0v) is 16.9. The van der Waals surface area contributed by atoms with E-state index in [2.05, 4.69) is 30.4 Å². The van der Waals surface area contributed by atoms with Crippen LogP contribution >= 0.6 is 12.4 Å². The van der Waals surface area contributed by atoms with E-state index in [1.54, 1.807) is 0 Å². The minimum atomic E-state index is -0.426. The van der Waals surface area contributed by atoms with Gasteiger partial charge >= 0.3 is 0 Å². The number of amides is 2. The van der Waals surface area contributed by atoms with Crippen molar-refractivity contribution < 1.29 is 9.59 Å². The number of rotatable bonds is 2. The van der Waals surface area contributed by atoms with Crippen molar-refractivity contribution in [2.45, 2.75) is 50.5 Å². The average Bonchev–Trinajstić information content (AvgIpc) is 2.68. The van der Waals surface area contributed by atoms with Crippen LogP contribution in [0.3, 0.4) is 0 Å². The minimum absolute atomic E-state index is 0. The summed E-state index contributed by atoms with van der Waals surface area (Å²) in [6.45, 7) is 5.64. The maximum absolute atomic E-state index is 13.6. The molecule has 3 aliphatic rings. The third-order valence-corrected chi connectivity index (χ3v) is 6.46. The molecule has 2 amide bonds. The Hall–Kier alpha value is -1.59. The fourth-order valence-electron chi connectivity index (χ4n) is 5.02. The Bertz CT molecular complexity index is 710. The van der Waals surface area contributed by atoms with Crippen LogP contribution in [0, 0.1) is 0 Å². The number of halogens is 1. The maximum atomic E-state index is 13.6. The van der Waals surface area contributed by atoms with Crippen molar-refractivity contribution in [1.82, 2.24) is 15.1 Å². The number of hydrogen-bond donors (Lipinski definition) is 1. The van der Waals surface area contributed by atoms with Crippen LogP contribution in [0.1, 0.15) is 43.7 Å². The van der Waals surface area contributed by atoms with Gasteiger partial charge in [0.05, 0.1) is 12.0 Å². The molecular formula is C21H30ClN3O2. The van der Waals surface area contributed by atoms with Gasteiger partial charge in [0.25, 0.3) is 0 Å². The second kappa shape index (κ2) is 8.19. The molecule has 5 nitrogen and oxygen atoms in total. The lowest BCUT2D eigenvalue weighted by Crippen LogP contribution is -2.59. The first kappa shape index (κ1) is 20.2. The lowest BCUT2D eigenvalue weighted by Gasteiger charge is -2.44. The zero-order valence-electron chi connectivity index (χ0n) is 16.1. The van der Waals surface area contributed by atoms with E-state index >= 15 is 0 Å². The number of benzene rings is 1. The molecule has 0 spiro atoms. The number of likely N-dealkylation sites (tertiary alicyclic amines) is 1. The lowest BCUT2D eigenvalue weighted by molar-refractivity contribution is -0.144. The van der Waals surface area contributed by atoms with Gasteiger partial charge in [-0.15, -0.1) is 12.4 Å². The predicted molar refractivity (Wildman–Crippen MR) is 108 cm³/mol. The first-order chi connectivity index (χ1) is 12.6. The normalized spacial score (nSPS) is 28.3. The third kappa shape index (κ3) is 3.72. The smallest absolute Gasteiger partial charge is 0.236 e. The molecule has 1 aliphatic carbocycles. The number of fused-ring (bicyclic) bond motifs is 1. The summed E-state index contributed by atoms with van der Waals surface area (Å²) >= 11 is 0. The lowest BCUT2D eigenvalue weighted by atomic mass is 9.70. The largest absolute Gasteiger partial charge is 0.340 e. The minimum Gasteiger partial charge on any atom is -0.340 e. The summed E-state index contributed by atoms with van der Waals surface area (Å²) in [5, 5.41) is 3.13. The molecule has 27 heavy (non-hydrogen) atoms. The van der Waals surface area contributed by atoms with E-state index in [-0.39, 0.29) is 30.3 Å². The molecule has 2 aliphatic heterocycles. The summed E-state index contributed by atoms with van der Waals surface area (Å²) in [4.78, 5) is 29.8. The van der Waals surface area contributed by atoms with Gasteiger partial charge in [0.15, 0.2) is 0 Å². The summed E-state index contributed by atoms with van der Waals surface area (Å²) in [5.74, 6) is 0.418. The van der Waals surface area contributed by atoms with Crippen LogP contribution in [0.15, 0.2) is 24.3 Å². The van der Waals surface area contributed by atoms with Crippen LogP contribution in [0.5, 0.6) is 0 Å². The first-order valence-corrected chi connectivity index (χ1v) is 9.97. The van der Waals surface area contributed by atoms with Crippen LogP contribution in [0.2, 0.25) is 0 Å². The van der Waals surface area contributed by atoms with Gasteiger partial charge in [-0.3, -0.25) is 9.59 Å². The average molecular weight is 392 g/mol. The fraction of sp³-hybridized carbons (Fsp3) is 0.619. The van der Waals surface area contributed by atoms with E-state index in [1.165, 1.54) is 11.1 Å². The molecule has 148 valence electrons. The van der Waals surface area contributed by atoms with Crippen molar-refractivity contribution >= 4 is 24.2 Å². The highest BCUT2D eigenvalue weighted by atomic mass is 35.5. The SMILES string of the molecule is CC1(C(=O)N2CCCC(N3CCNCC3=O)C2)CCCc2ccccc21.Cl. The second-order valence-corrected chi connectivity index (χ2v) is 8.15. The highest BCUT2D eigenvalue weighted by Crippen LogP contribution is 2.39. The number of nitrogens with one attached hydrogen (secondary N) is 1. The zero-order chi connectivity index (χ0) is 18.1. The molecule has 1 N–H and O–H groups in total. The number of piperidine rings is 1. The number of hydrogen-bond acceptors (Lipinski definition) is 3. The van der Waals surface area contributed by atoms with Crippen LogP contribution in [-0.4, -0.2) is 60.4 Å². The molecule has 1 aromatic rings. The first-order valence-electron chi connectivity index (χ1n) is 9.97. The fourth-order valence-corrected chi connectivity index (χ4v) is 5.02. The van der Waals surface area contributed by atoms with Gasteiger partial charge in [-0.25, -0.2) is 0 Å². The van der Waals surface area contributed by atoms with E-state index in [0.29, 0.717) is 13.1 Å². The van der Waals surface area contributed by atoms with Crippen LogP contribution in [0.25, 0.3) is 0 Å². The third-order valence-electron chi connectivity index (χ3n) is 6.46. The van der Waals surface area contributed by atoms with Crippen molar-refractivity contribution in [2.75, 3.05) is 32.7 Å². The maximum Gasteiger partial charge on any atom is 0.236 e. The van der Waals surface area contributed by atoms with Crippen LogP contribution in [0.4, 0.5) is 0 Å². The molecule has 0 bridgehead atoms. The van der Waals surface area contributed by atoms with Crippen molar-refractivity contribution in [3.63, 3.8) is 0 Å². The molecule has 2 fully saturated rings. The molecule has 2 heterocycles. The molecule has 0 aromatic heterocycles. The number of aryl methyl sites for hydroxylation is 1. The molecule has 0 saturated carbocycles. The van der Waals surface area contributed by atoms with Crippen molar-refractivity contribution in [3.05, 3.63) is 35.4 Å². The molecular weight excluding hydrogens is 362 g/mol. The Kier molecular flexibility index (Phi) is 6.11. The second-order valence-electron chi connectivity index (χ2n) is 8.15. The van der Waals surface area contributed by atoms with Gasteiger partial charge in [0, 0.05) is 32.2 Å². The highest BCUT2D eigenvalue weighted by molar-refractivity contribution is 5.89. The van der Waals surface area contributed by atoms with Crippen LogP contribution in [-0.2, 0) is 21.4 Å². The van der Waals surface area contributed by atoms with Crippen molar-refractivity contribution in [3.8, 4) is 0 Å². The van der Waals surface area contributed by atoms with Gasteiger partial charge < -0.3 is 15.1 Å². The molecule has 2 saturated heterocycles. The molecule has 2 unspecified atom stereocenters. The monoisotopic (exact) mass is 391 g/mol. The highest BCUT2D eigenvalue weighted by Gasteiger charge is 2.43. The Morgan fingerprint density at radius 1 is 1.22 bits per heavy atom. The van der Waals surface area contributed by atoms with Gasteiger partial charge in [-0.05, 0) is 50.2 Å². The van der Waals surface area contributed by atoms with Gasteiger partial charge in [-0.1, -0.05) is 24.3 Å². The summed E-state index contributed by atoms with van der Waals surface area (Å²) in [5.41, 5.74) is 2.10. The van der Waals surface area contributed by atoms with Gasteiger partial charge in [-0.2, -0.15) is 0 Å². The number of nitrogens with zero attached hydrogens (tertiary/aromatic N) is 2. The standard InChI is InChI=1S/C21H29N3O2.ClH/c1-21(10-4-7-16-6-2-3-9-18(16)21)20(26)23-12-5-8-17(15-23)24-13-11-22-14-19(24)25;/h2-3,6,9,17,22H,4-5,7-8,10-15H2,1H3;1H. The summed E-state index contributed by atoms with van der Waals surface area (Å²) in [7, 11) is 0. The molecule has 2 atom stereocenters. The number of piperazine rings is 1. The van der Waals surface area contributed by atoms with E-state index < -0.39 is 5.41 Å². The molecule has 0 radical (unpaired) electrons. The summed E-state index contributed by atoms with van der Waals surface area (Å²) in [6, 6.07) is 8.59. The summed E-state index contributed by atoms with van der Waals surface area (Å²) in [6.07, 6.45) is 5.02. The number of carbonyl (C=O) groups excluding carboxylic acids is 2. The van der Waals surface area contributed by atoms with Crippen LogP contribution < -0.4 is 5.32 Å². The van der Waals surface area contributed by atoms with Gasteiger partial charge in [0.2, 0.25) is 11.8 Å². The Morgan fingerprint density at radius 3 is 2.85 bits per heavy atom. The topological polar surface area (TPSA) is 52.7 Å². The quantitative estimate of drug-likeness (QED) is 0.840. The van der Waals surface area contributed by atoms with E-state index in [9.17, 15) is 9.59 Å². The molecule has 4 rings (SSSR count). The van der Waals surface area contributed by atoms with E-state index in [1.807, 2.05) is 15.9 Å². The summed E-state index contributed by atoms with van der Waals surface area (Å²) < 4.78 is 0. The molecule has 1 aromatic carbocycles. The predicted octanol–water partition coefficient (Wildman–Crippen LogP) is 2.13. The Balaban J connectivity index is 0.00000210. The van der Waals surface area contributed by atoms with Crippen molar-refractivity contribution in [1.29, 1.82) is 0 Å². The van der Waals surface area contributed by atoms with E-state index in [0.717, 1.165) is 51.7 Å². The number of carbonyl (C=O) groups is 2. The van der Waals surface area contributed by atoms with Crippen molar-refractivity contribution in [2.24, 2.45) is 0 Å². The van der Waals surface area contributed by atoms with E-state index in [4.69, 9.17) is 0 Å². The Morgan fingerprint density at radius 2 is 2.04 bits per heavy atom. The van der Waals surface area contributed by atoms with Gasteiger partial charge in [0.1, 0.15) is 0 Å². The molecule has 6 heteroatoms.